The smallest absolute Gasteiger partial charge is 0.154 e. The first-order valence-electron chi connectivity index (χ1n) is 8.45. The van der Waals surface area contributed by atoms with Crippen LogP contribution in [0.5, 0.6) is 0 Å². The molecular formula is C16H38O2Si2. The van der Waals surface area contributed by atoms with Crippen LogP contribution in [-0.2, 0) is 9.47 Å². The Labute approximate surface area is 129 Å². The summed E-state index contributed by atoms with van der Waals surface area (Å²) in [5, 5.41) is 0. The summed E-state index contributed by atoms with van der Waals surface area (Å²) in [5.74, 6) is 0. The molecule has 2 nitrogen and oxygen atoms in total. The molecule has 4 heteroatoms. The van der Waals surface area contributed by atoms with Crippen LogP contribution in [0.3, 0.4) is 0 Å². The second kappa shape index (κ2) is 10.1. The summed E-state index contributed by atoms with van der Waals surface area (Å²) >= 11 is 0. The van der Waals surface area contributed by atoms with Gasteiger partial charge in [-0.25, -0.2) is 0 Å². The molecule has 0 radical (unpaired) electrons. The Morgan fingerprint density at radius 2 is 1.25 bits per heavy atom. The second-order valence-electron chi connectivity index (χ2n) is 7.59. The van der Waals surface area contributed by atoms with E-state index in [1.54, 1.807) is 0 Å². The molecule has 0 amide bonds. The Bertz CT molecular complexity index is 235. The first-order valence-corrected chi connectivity index (χ1v) is 15.3. The van der Waals surface area contributed by atoms with Gasteiger partial charge in [-0.3, -0.25) is 0 Å². The van der Waals surface area contributed by atoms with Crippen molar-refractivity contribution < 1.29 is 9.47 Å². The quantitative estimate of drug-likeness (QED) is 0.265. The molecule has 122 valence electrons. The van der Waals surface area contributed by atoms with E-state index in [9.17, 15) is 0 Å². The van der Waals surface area contributed by atoms with E-state index in [1.165, 1.54) is 37.0 Å². The van der Waals surface area contributed by atoms with E-state index in [0.29, 0.717) is 0 Å². The summed E-state index contributed by atoms with van der Waals surface area (Å²) in [5.41, 5.74) is 0. The molecule has 0 saturated carbocycles. The molecule has 0 fully saturated rings. The minimum absolute atomic E-state index is 0.0344. The zero-order valence-corrected chi connectivity index (χ0v) is 17.1. The lowest BCUT2D eigenvalue weighted by Crippen LogP contribution is -2.28. The lowest BCUT2D eigenvalue weighted by atomic mass is 10.5. The van der Waals surface area contributed by atoms with Crippen LogP contribution in [0, 0.1) is 0 Å². The third-order valence-corrected chi connectivity index (χ3v) is 11.2. The molecule has 0 aliphatic carbocycles. The molecule has 20 heavy (non-hydrogen) atoms. The molecule has 0 aromatic rings. The van der Waals surface area contributed by atoms with Gasteiger partial charge in [0.15, 0.2) is 6.29 Å². The molecule has 0 aliphatic heterocycles. The minimum Gasteiger partial charge on any atom is -0.353 e. The molecule has 0 saturated heterocycles. The topological polar surface area (TPSA) is 18.5 Å². The normalized spacial score (nSPS) is 14.6. The van der Waals surface area contributed by atoms with Crippen LogP contribution >= 0.6 is 0 Å². The molecule has 0 heterocycles. The fourth-order valence-electron chi connectivity index (χ4n) is 2.25. The van der Waals surface area contributed by atoms with Gasteiger partial charge in [-0.15, -0.1) is 0 Å². The van der Waals surface area contributed by atoms with Gasteiger partial charge < -0.3 is 9.47 Å². The predicted octanol–water partition coefficient (Wildman–Crippen LogP) is 5.60. The minimum atomic E-state index is -0.938. The Balaban J connectivity index is 3.57. The summed E-state index contributed by atoms with van der Waals surface area (Å²) in [6, 6.07) is 5.53. The maximum Gasteiger partial charge on any atom is 0.154 e. The van der Waals surface area contributed by atoms with Crippen LogP contribution in [0.4, 0.5) is 0 Å². The lowest BCUT2D eigenvalue weighted by Gasteiger charge is -2.24. The lowest BCUT2D eigenvalue weighted by molar-refractivity contribution is -0.130. The Kier molecular flexibility index (Phi) is 10.3. The van der Waals surface area contributed by atoms with Gasteiger partial charge in [0, 0.05) is 29.4 Å². The maximum absolute atomic E-state index is 5.77. The van der Waals surface area contributed by atoms with E-state index in [-0.39, 0.29) is 6.29 Å². The molecule has 0 aliphatic rings. The summed E-state index contributed by atoms with van der Waals surface area (Å²) in [6.45, 7) is 18.2. The highest BCUT2D eigenvalue weighted by Crippen LogP contribution is 2.21. The second-order valence-corrected chi connectivity index (χ2v) is 18.8. The van der Waals surface area contributed by atoms with Gasteiger partial charge in [-0.05, 0) is 19.8 Å². The van der Waals surface area contributed by atoms with Crippen LogP contribution in [0.2, 0.25) is 50.4 Å². The van der Waals surface area contributed by atoms with E-state index >= 15 is 0 Å². The Morgan fingerprint density at radius 1 is 0.800 bits per heavy atom. The van der Waals surface area contributed by atoms with Crippen LogP contribution in [0.1, 0.15) is 33.6 Å². The molecule has 0 spiro atoms. The van der Waals surface area contributed by atoms with Gasteiger partial charge in [0.1, 0.15) is 0 Å². The highest BCUT2D eigenvalue weighted by molar-refractivity contribution is 6.78. The van der Waals surface area contributed by atoms with Crippen molar-refractivity contribution in [2.75, 3.05) is 13.2 Å². The van der Waals surface area contributed by atoms with Gasteiger partial charge in [0.25, 0.3) is 0 Å². The third kappa shape index (κ3) is 11.1. The van der Waals surface area contributed by atoms with Gasteiger partial charge in [-0.1, -0.05) is 64.2 Å². The summed E-state index contributed by atoms with van der Waals surface area (Å²) in [6.07, 6.45) is 2.35. The van der Waals surface area contributed by atoms with Crippen LogP contribution < -0.4 is 0 Å². The largest absolute Gasteiger partial charge is 0.353 e. The SMILES string of the molecule is CC[Si](C)(CC)CCCOC(C)OCCC[Si](C)(C)C. The first kappa shape index (κ1) is 20.4. The monoisotopic (exact) mass is 318 g/mol. The molecule has 1 atom stereocenters. The average molecular weight is 319 g/mol. The van der Waals surface area contributed by atoms with Crippen molar-refractivity contribution in [2.45, 2.75) is 90.3 Å². The van der Waals surface area contributed by atoms with Crippen molar-refractivity contribution >= 4 is 16.1 Å². The van der Waals surface area contributed by atoms with Crippen molar-refractivity contribution in [3.05, 3.63) is 0 Å². The van der Waals surface area contributed by atoms with Gasteiger partial charge in [0.05, 0.1) is 0 Å². The van der Waals surface area contributed by atoms with Crippen LogP contribution in [0.15, 0.2) is 0 Å². The average Bonchev–Trinajstić information content (AvgIpc) is 2.38. The molecule has 1 unspecified atom stereocenters. The molecule has 0 aromatic carbocycles. The van der Waals surface area contributed by atoms with E-state index in [0.717, 1.165) is 13.2 Å². The zero-order chi connectivity index (χ0) is 15.6. The fraction of sp³-hybridized carbons (Fsp3) is 1.00. The molecule has 0 rings (SSSR count). The van der Waals surface area contributed by atoms with Gasteiger partial charge in [-0.2, -0.15) is 0 Å². The van der Waals surface area contributed by atoms with Crippen molar-refractivity contribution in [2.24, 2.45) is 0 Å². The highest BCUT2D eigenvalue weighted by atomic mass is 28.3. The fourth-order valence-corrected chi connectivity index (χ4v) is 5.66. The first-order chi connectivity index (χ1) is 9.22. The van der Waals surface area contributed by atoms with E-state index in [1.807, 2.05) is 6.92 Å². The van der Waals surface area contributed by atoms with Crippen molar-refractivity contribution in [3.63, 3.8) is 0 Å². The van der Waals surface area contributed by atoms with Crippen molar-refractivity contribution in [3.8, 4) is 0 Å². The molecule has 0 N–H and O–H groups in total. The number of hydrogen-bond donors (Lipinski definition) is 0. The molecule has 0 bridgehead atoms. The Morgan fingerprint density at radius 3 is 1.65 bits per heavy atom. The van der Waals surface area contributed by atoms with Crippen molar-refractivity contribution in [1.82, 2.24) is 0 Å². The van der Waals surface area contributed by atoms with Crippen LogP contribution in [-0.4, -0.2) is 35.7 Å². The zero-order valence-electron chi connectivity index (χ0n) is 15.1. The molecule has 0 aromatic heterocycles. The third-order valence-electron chi connectivity index (χ3n) is 4.41. The number of rotatable bonds is 12. The van der Waals surface area contributed by atoms with Crippen LogP contribution in [0.25, 0.3) is 0 Å². The van der Waals surface area contributed by atoms with E-state index < -0.39 is 16.1 Å². The number of ether oxygens (including phenoxy) is 2. The van der Waals surface area contributed by atoms with Crippen molar-refractivity contribution in [1.29, 1.82) is 0 Å². The van der Waals surface area contributed by atoms with Gasteiger partial charge in [0.2, 0.25) is 0 Å². The molecular weight excluding hydrogens is 280 g/mol. The maximum atomic E-state index is 5.77. The summed E-state index contributed by atoms with van der Waals surface area (Å²) in [4.78, 5) is 0. The summed E-state index contributed by atoms with van der Waals surface area (Å²) in [7, 11) is -1.84. The van der Waals surface area contributed by atoms with Gasteiger partial charge >= 0.3 is 0 Å². The predicted molar refractivity (Wildman–Crippen MR) is 96.1 cm³/mol. The summed E-state index contributed by atoms with van der Waals surface area (Å²) < 4.78 is 11.5. The Hall–Kier alpha value is 0.354. The van der Waals surface area contributed by atoms with E-state index in [2.05, 4.69) is 40.0 Å². The number of hydrogen-bond acceptors (Lipinski definition) is 2. The standard InChI is InChI=1S/C16H38O2Si2/c1-8-20(7,9-2)15-11-13-18-16(3)17-12-10-14-19(4,5)6/h16H,8-15H2,1-7H3. The van der Waals surface area contributed by atoms with E-state index in [4.69, 9.17) is 9.47 Å². The highest BCUT2D eigenvalue weighted by Gasteiger charge is 2.21.